The minimum absolute atomic E-state index is 0.0328. The van der Waals surface area contributed by atoms with Crippen molar-refractivity contribution in [1.82, 2.24) is 0 Å². The third-order valence-electron chi connectivity index (χ3n) is 4.30. The maximum Gasteiger partial charge on any atom is 0.0610 e. The van der Waals surface area contributed by atoms with Gasteiger partial charge in [-0.3, -0.25) is 0 Å². The fraction of sp³-hybridized carbons (Fsp3) is 0.263. The summed E-state index contributed by atoms with van der Waals surface area (Å²) in [5.41, 5.74) is 3.40. The van der Waals surface area contributed by atoms with E-state index in [0.29, 0.717) is 6.42 Å². The Morgan fingerprint density at radius 1 is 0.952 bits per heavy atom. The summed E-state index contributed by atoms with van der Waals surface area (Å²) in [6, 6.07) is 20.4. The summed E-state index contributed by atoms with van der Waals surface area (Å²) >= 11 is 0. The van der Waals surface area contributed by atoms with Gasteiger partial charge in [0.25, 0.3) is 0 Å². The van der Waals surface area contributed by atoms with Crippen molar-refractivity contribution in [3.05, 3.63) is 77.9 Å². The third kappa shape index (κ3) is 2.92. The first-order valence-electron chi connectivity index (χ1n) is 7.41. The molecule has 0 bridgehead atoms. The molecule has 3 rings (SSSR count). The molecule has 1 aliphatic carbocycles. The van der Waals surface area contributed by atoms with Gasteiger partial charge in [0.05, 0.1) is 6.10 Å². The van der Waals surface area contributed by atoms with Gasteiger partial charge >= 0.3 is 0 Å². The van der Waals surface area contributed by atoms with Crippen molar-refractivity contribution in [3.8, 4) is 0 Å². The molecule has 0 spiro atoms. The number of aliphatic hydroxyl groups excluding tert-OH is 2. The summed E-state index contributed by atoms with van der Waals surface area (Å²) in [5.74, 6) is 0.202. The average molecular weight is 280 g/mol. The van der Waals surface area contributed by atoms with Crippen molar-refractivity contribution in [2.75, 3.05) is 6.61 Å². The number of aliphatic hydroxyl groups is 2. The Hall–Kier alpha value is -1.90. The highest BCUT2D eigenvalue weighted by Gasteiger charge is 2.38. The number of hydrogen-bond acceptors (Lipinski definition) is 2. The Morgan fingerprint density at radius 3 is 1.90 bits per heavy atom. The smallest absolute Gasteiger partial charge is 0.0610 e. The Balaban J connectivity index is 2.01. The van der Waals surface area contributed by atoms with E-state index in [9.17, 15) is 10.2 Å². The molecule has 0 saturated heterocycles. The lowest BCUT2D eigenvalue weighted by molar-refractivity contribution is -0.0305. The van der Waals surface area contributed by atoms with Gasteiger partial charge in [0.15, 0.2) is 0 Å². The first kappa shape index (κ1) is 14.1. The van der Waals surface area contributed by atoms with Gasteiger partial charge in [0.2, 0.25) is 0 Å². The molecule has 0 unspecified atom stereocenters. The molecular formula is C19H20O2. The van der Waals surface area contributed by atoms with E-state index < -0.39 is 0 Å². The van der Waals surface area contributed by atoms with Crippen LogP contribution in [0.15, 0.2) is 66.7 Å². The van der Waals surface area contributed by atoms with Crippen LogP contribution in [0.2, 0.25) is 0 Å². The largest absolute Gasteiger partial charge is 0.396 e. The van der Waals surface area contributed by atoms with E-state index >= 15 is 0 Å². The van der Waals surface area contributed by atoms with Crippen LogP contribution in [0.25, 0.3) is 5.57 Å². The van der Waals surface area contributed by atoms with Gasteiger partial charge in [-0.25, -0.2) is 0 Å². The van der Waals surface area contributed by atoms with Crippen LogP contribution in [-0.2, 0) is 0 Å². The summed E-state index contributed by atoms with van der Waals surface area (Å²) in [5, 5.41) is 19.4. The fourth-order valence-electron chi connectivity index (χ4n) is 2.97. The minimum Gasteiger partial charge on any atom is -0.396 e. The summed E-state index contributed by atoms with van der Waals surface area (Å²) in [4.78, 5) is 0. The predicted molar refractivity (Wildman–Crippen MR) is 84.7 cm³/mol. The highest BCUT2D eigenvalue weighted by atomic mass is 16.3. The Morgan fingerprint density at radius 2 is 1.48 bits per heavy atom. The van der Waals surface area contributed by atoms with Crippen molar-refractivity contribution >= 4 is 5.57 Å². The van der Waals surface area contributed by atoms with E-state index in [2.05, 4.69) is 30.3 Å². The van der Waals surface area contributed by atoms with Crippen molar-refractivity contribution < 1.29 is 10.2 Å². The lowest BCUT2D eigenvalue weighted by Crippen LogP contribution is -2.42. The summed E-state index contributed by atoms with van der Waals surface area (Å²) in [7, 11) is 0. The molecule has 0 aliphatic heterocycles. The SMILES string of the molecule is OC[C@@H]1C[C@H](O)[C@@H]1C=C(c1ccccc1)c1ccccc1. The lowest BCUT2D eigenvalue weighted by Gasteiger charge is -2.39. The standard InChI is InChI=1S/C19H20O2/c20-13-16-11-19(21)18(16)12-17(14-7-3-1-4-8-14)15-9-5-2-6-10-15/h1-10,12,16,18-21H,11,13H2/t16-,18+,19-/m0/s1. The quantitative estimate of drug-likeness (QED) is 0.903. The molecule has 0 aromatic heterocycles. The molecule has 1 saturated carbocycles. The molecule has 0 amide bonds. The zero-order valence-electron chi connectivity index (χ0n) is 11.9. The molecule has 3 atom stereocenters. The molecule has 0 heterocycles. The fourth-order valence-corrected chi connectivity index (χ4v) is 2.97. The first-order chi connectivity index (χ1) is 10.3. The molecule has 2 N–H and O–H groups in total. The van der Waals surface area contributed by atoms with Gasteiger partial charge < -0.3 is 10.2 Å². The predicted octanol–water partition coefficient (Wildman–Crippen LogP) is 3.11. The second-order valence-corrected chi connectivity index (χ2v) is 5.64. The zero-order chi connectivity index (χ0) is 14.7. The molecule has 2 aromatic rings. The Bertz CT molecular complexity index is 562. The van der Waals surface area contributed by atoms with Crippen molar-refractivity contribution in [3.63, 3.8) is 0 Å². The molecule has 2 heteroatoms. The molecule has 108 valence electrons. The topological polar surface area (TPSA) is 40.5 Å². The first-order valence-corrected chi connectivity index (χ1v) is 7.41. The maximum absolute atomic E-state index is 10.00. The van der Waals surface area contributed by atoms with Gasteiger partial charge in [0, 0.05) is 12.5 Å². The van der Waals surface area contributed by atoms with Crippen molar-refractivity contribution in [2.24, 2.45) is 11.8 Å². The van der Waals surface area contributed by atoms with E-state index in [1.807, 2.05) is 36.4 Å². The highest BCUT2D eigenvalue weighted by molar-refractivity contribution is 5.80. The van der Waals surface area contributed by atoms with Gasteiger partial charge in [-0.15, -0.1) is 0 Å². The van der Waals surface area contributed by atoms with Gasteiger partial charge in [-0.2, -0.15) is 0 Å². The van der Waals surface area contributed by atoms with Crippen LogP contribution in [0.4, 0.5) is 0 Å². The number of benzene rings is 2. The van der Waals surface area contributed by atoms with Crippen LogP contribution >= 0.6 is 0 Å². The molecule has 1 fully saturated rings. The van der Waals surface area contributed by atoms with Crippen LogP contribution < -0.4 is 0 Å². The van der Waals surface area contributed by atoms with E-state index in [-0.39, 0.29) is 24.5 Å². The lowest BCUT2D eigenvalue weighted by atomic mass is 9.70. The van der Waals surface area contributed by atoms with Crippen LogP contribution in [0.5, 0.6) is 0 Å². The van der Waals surface area contributed by atoms with Crippen LogP contribution in [0, 0.1) is 11.8 Å². The van der Waals surface area contributed by atoms with Crippen LogP contribution in [0.3, 0.4) is 0 Å². The van der Waals surface area contributed by atoms with Gasteiger partial charge in [0.1, 0.15) is 0 Å². The van der Waals surface area contributed by atoms with Crippen molar-refractivity contribution in [1.29, 1.82) is 0 Å². The summed E-state index contributed by atoms with van der Waals surface area (Å²) in [6.07, 6.45) is 2.47. The molecule has 0 radical (unpaired) electrons. The minimum atomic E-state index is -0.343. The summed E-state index contributed by atoms with van der Waals surface area (Å²) < 4.78 is 0. The third-order valence-corrected chi connectivity index (χ3v) is 4.30. The van der Waals surface area contributed by atoms with Crippen molar-refractivity contribution in [2.45, 2.75) is 12.5 Å². The summed E-state index contributed by atoms with van der Waals surface area (Å²) in [6.45, 7) is 0.134. The maximum atomic E-state index is 10.00. The number of rotatable bonds is 4. The number of hydrogen-bond donors (Lipinski definition) is 2. The van der Waals surface area contributed by atoms with Gasteiger partial charge in [-0.05, 0) is 29.0 Å². The molecule has 21 heavy (non-hydrogen) atoms. The molecule has 2 nitrogen and oxygen atoms in total. The highest BCUT2D eigenvalue weighted by Crippen LogP contribution is 2.38. The monoisotopic (exact) mass is 280 g/mol. The van der Waals surface area contributed by atoms with Crippen LogP contribution in [0.1, 0.15) is 17.5 Å². The van der Waals surface area contributed by atoms with E-state index in [1.54, 1.807) is 0 Å². The second-order valence-electron chi connectivity index (χ2n) is 5.64. The van der Waals surface area contributed by atoms with E-state index in [0.717, 1.165) is 16.7 Å². The zero-order valence-corrected chi connectivity index (χ0v) is 11.9. The Labute approximate surface area is 125 Å². The van der Waals surface area contributed by atoms with E-state index in [4.69, 9.17) is 0 Å². The average Bonchev–Trinajstić information content (AvgIpc) is 2.54. The van der Waals surface area contributed by atoms with Gasteiger partial charge in [-0.1, -0.05) is 66.7 Å². The molecular weight excluding hydrogens is 260 g/mol. The Kier molecular flexibility index (Phi) is 4.18. The molecule has 1 aliphatic rings. The van der Waals surface area contributed by atoms with Crippen LogP contribution in [-0.4, -0.2) is 22.9 Å². The van der Waals surface area contributed by atoms with E-state index in [1.165, 1.54) is 0 Å². The second kappa shape index (κ2) is 6.25. The molecule has 2 aromatic carbocycles. The normalized spacial score (nSPS) is 24.2.